The maximum Gasteiger partial charge on any atom is 0.333 e. The Morgan fingerprint density at radius 1 is 1.08 bits per heavy atom. The number of rotatable bonds is 7. The summed E-state index contributed by atoms with van der Waals surface area (Å²) >= 11 is 1.39. The first-order valence-corrected chi connectivity index (χ1v) is 13.2. The van der Waals surface area contributed by atoms with Gasteiger partial charge in [0.25, 0.3) is 5.56 Å². The summed E-state index contributed by atoms with van der Waals surface area (Å²) in [7, 11) is 3.18. The van der Waals surface area contributed by atoms with Crippen molar-refractivity contribution in [2.24, 2.45) is 25.9 Å². The average molecular weight is 506 g/mol. The van der Waals surface area contributed by atoms with E-state index in [1.54, 1.807) is 17.7 Å². The van der Waals surface area contributed by atoms with Gasteiger partial charge in [0, 0.05) is 43.6 Å². The number of nitrogens with one attached hydrogen (secondary N) is 1. The summed E-state index contributed by atoms with van der Waals surface area (Å²) in [6.07, 6.45) is 5.84. The van der Waals surface area contributed by atoms with Crippen molar-refractivity contribution >= 4 is 40.3 Å². The number of aryl methyl sites for hydroxylation is 1. The summed E-state index contributed by atoms with van der Waals surface area (Å²) in [6, 6.07) is 5.47. The molecule has 0 radical (unpaired) electrons. The van der Waals surface area contributed by atoms with Crippen LogP contribution in [-0.4, -0.2) is 36.6 Å². The molecule has 10 heteroatoms. The quantitative estimate of drug-likeness (QED) is 0.389. The molecular formula is C26H27N5O4S. The molecule has 2 aliphatic rings. The standard InChI is InChI=1S/C26H27N5O4S/c1-29-21-22(28-25(29)36-3)31(26(35)30(2)24(21)34)10-4-5-15-11-16(14-20(32)17-6-7-17)13-19(12-15)27-23(33)18-8-9-18/h11-13,17-18H,6-10,14H2,1-3H3,(H,27,33). The number of ketones is 1. The maximum absolute atomic E-state index is 12.9. The lowest BCUT2D eigenvalue weighted by Crippen LogP contribution is -2.38. The van der Waals surface area contributed by atoms with Crippen LogP contribution in [0.3, 0.4) is 0 Å². The molecule has 3 aromatic rings. The van der Waals surface area contributed by atoms with Gasteiger partial charge in [-0.1, -0.05) is 23.6 Å². The molecule has 0 unspecified atom stereocenters. The minimum absolute atomic E-state index is 0.0153. The molecule has 1 aromatic carbocycles. The first kappa shape index (κ1) is 24.1. The molecule has 0 bridgehead atoms. The van der Waals surface area contributed by atoms with E-state index in [2.05, 4.69) is 22.1 Å². The molecule has 1 N–H and O–H groups in total. The Bertz CT molecular complexity index is 1530. The molecule has 5 rings (SSSR count). The first-order chi connectivity index (χ1) is 17.3. The molecule has 2 heterocycles. The van der Waals surface area contributed by atoms with E-state index in [1.165, 1.54) is 23.4 Å². The van der Waals surface area contributed by atoms with Crippen molar-refractivity contribution in [1.82, 2.24) is 18.7 Å². The van der Waals surface area contributed by atoms with Gasteiger partial charge in [0.15, 0.2) is 16.3 Å². The van der Waals surface area contributed by atoms with Gasteiger partial charge in [0.05, 0.1) is 6.54 Å². The van der Waals surface area contributed by atoms with Crippen molar-refractivity contribution in [2.75, 3.05) is 11.6 Å². The molecule has 0 spiro atoms. The van der Waals surface area contributed by atoms with Crippen molar-refractivity contribution in [3.63, 3.8) is 0 Å². The Hall–Kier alpha value is -3.58. The summed E-state index contributed by atoms with van der Waals surface area (Å²) in [5.41, 5.74) is 1.81. The summed E-state index contributed by atoms with van der Waals surface area (Å²) in [4.78, 5) is 54.8. The van der Waals surface area contributed by atoms with Crippen LogP contribution in [0.2, 0.25) is 0 Å². The Morgan fingerprint density at radius 3 is 2.47 bits per heavy atom. The summed E-state index contributed by atoms with van der Waals surface area (Å²) in [6.45, 7) is 0.0310. The third kappa shape index (κ3) is 4.75. The highest BCUT2D eigenvalue weighted by atomic mass is 32.2. The van der Waals surface area contributed by atoms with Crippen molar-refractivity contribution in [1.29, 1.82) is 0 Å². The van der Waals surface area contributed by atoms with Crippen LogP contribution in [0.15, 0.2) is 32.9 Å². The fourth-order valence-electron chi connectivity index (χ4n) is 4.23. The lowest BCUT2D eigenvalue weighted by Gasteiger charge is -2.09. The van der Waals surface area contributed by atoms with Gasteiger partial charge in [-0.15, -0.1) is 0 Å². The van der Waals surface area contributed by atoms with Gasteiger partial charge in [0.1, 0.15) is 5.78 Å². The molecule has 186 valence electrons. The Labute approximate surface area is 211 Å². The van der Waals surface area contributed by atoms with E-state index < -0.39 is 11.2 Å². The molecular weight excluding hydrogens is 478 g/mol. The number of anilines is 1. The van der Waals surface area contributed by atoms with Gasteiger partial charge >= 0.3 is 5.69 Å². The SMILES string of the molecule is CSc1nc2c(c(=O)n(C)c(=O)n2CC#Cc2cc(CC(=O)C3CC3)cc(NC(=O)C3CC3)c2)n1C. The van der Waals surface area contributed by atoms with Gasteiger partial charge in [-0.3, -0.25) is 23.5 Å². The molecule has 2 aromatic heterocycles. The number of hydrogen-bond acceptors (Lipinski definition) is 6. The number of amides is 1. The van der Waals surface area contributed by atoms with Crippen molar-refractivity contribution in [3.8, 4) is 11.8 Å². The molecule has 2 aliphatic carbocycles. The zero-order valence-electron chi connectivity index (χ0n) is 20.5. The van der Waals surface area contributed by atoms with Gasteiger partial charge in [-0.2, -0.15) is 0 Å². The Morgan fingerprint density at radius 2 is 1.81 bits per heavy atom. The lowest BCUT2D eigenvalue weighted by atomic mass is 10.0. The van der Waals surface area contributed by atoms with Crippen molar-refractivity contribution in [3.05, 3.63) is 50.2 Å². The molecule has 2 saturated carbocycles. The predicted molar refractivity (Wildman–Crippen MR) is 138 cm³/mol. The van der Waals surface area contributed by atoms with Crippen LogP contribution >= 0.6 is 11.8 Å². The lowest BCUT2D eigenvalue weighted by molar-refractivity contribution is -0.119. The topological polar surface area (TPSA) is 108 Å². The van der Waals surface area contributed by atoms with E-state index in [0.29, 0.717) is 34.0 Å². The van der Waals surface area contributed by atoms with Crippen LogP contribution in [0.25, 0.3) is 11.2 Å². The van der Waals surface area contributed by atoms with Crippen LogP contribution < -0.4 is 16.6 Å². The van der Waals surface area contributed by atoms with E-state index in [9.17, 15) is 19.2 Å². The van der Waals surface area contributed by atoms with Gasteiger partial charge in [0.2, 0.25) is 5.91 Å². The number of Topliss-reactive ketones (excluding diaryl/α,β-unsaturated/α-hetero) is 1. The second-order valence-corrected chi connectivity index (χ2v) is 10.2. The van der Waals surface area contributed by atoms with E-state index in [1.807, 2.05) is 18.4 Å². The molecule has 1 amide bonds. The second kappa shape index (κ2) is 9.47. The molecule has 36 heavy (non-hydrogen) atoms. The number of aromatic nitrogens is 4. The maximum atomic E-state index is 12.9. The van der Waals surface area contributed by atoms with Gasteiger partial charge < -0.3 is 9.88 Å². The Balaban J connectivity index is 1.48. The normalized spacial score (nSPS) is 15.0. The minimum Gasteiger partial charge on any atom is -0.326 e. The minimum atomic E-state index is -0.492. The van der Waals surface area contributed by atoms with Gasteiger partial charge in [-0.05, 0) is 55.7 Å². The number of carbonyl (C=O) groups excluding carboxylic acids is 2. The predicted octanol–water partition coefficient (Wildman–Crippen LogP) is 2.08. The molecule has 2 fully saturated rings. The smallest absolute Gasteiger partial charge is 0.326 e. The molecule has 0 saturated heterocycles. The van der Waals surface area contributed by atoms with Crippen LogP contribution in [-0.2, 0) is 36.6 Å². The number of thioether (sulfide) groups is 1. The largest absolute Gasteiger partial charge is 0.333 e. The van der Waals surface area contributed by atoms with Crippen molar-refractivity contribution < 1.29 is 9.59 Å². The van der Waals surface area contributed by atoms with E-state index >= 15 is 0 Å². The van der Waals surface area contributed by atoms with Crippen LogP contribution in [0.4, 0.5) is 5.69 Å². The average Bonchev–Trinajstić information content (AvgIpc) is 3.75. The fourth-order valence-corrected chi connectivity index (χ4v) is 4.78. The molecule has 0 aliphatic heterocycles. The van der Waals surface area contributed by atoms with Gasteiger partial charge in [-0.25, -0.2) is 9.78 Å². The number of fused-ring (bicyclic) bond motifs is 1. The third-order valence-corrected chi connectivity index (χ3v) is 7.32. The third-order valence-electron chi connectivity index (χ3n) is 6.59. The molecule has 9 nitrogen and oxygen atoms in total. The van der Waals surface area contributed by atoms with E-state index in [0.717, 1.165) is 35.8 Å². The highest BCUT2D eigenvalue weighted by Crippen LogP contribution is 2.32. The van der Waals surface area contributed by atoms with E-state index in [4.69, 9.17) is 0 Å². The highest BCUT2D eigenvalue weighted by molar-refractivity contribution is 7.98. The fraction of sp³-hybridized carbons (Fsp3) is 0.423. The van der Waals surface area contributed by atoms with E-state index in [-0.39, 0.29) is 30.1 Å². The number of imidazole rings is 1. The number of nitrogens with zero attached hydrogens (tertiary/aromatic N) is 4. The Kier molecular flexibility index (Phi) is 6.35. The summed E-state index contributed by atoms with van der Waals surface area (Å²) in [5.74, 6) is 6.48. The second-order valence-electron chi connectivity index (χ2n) is 9.46. The van der Waals surface area contributed by atoms with Crippen LogP contribution in [0.5, 0.6) is 0 Å². The van der Waals surface area contributed by atoms with Crippen molar-refractivity contribution in [2.45, 2.75) is 43.8 Å². The zero-order valence-corrected chi connectivity index (χ0v) is 21.3. The first-order valence-electron chi connectivity index (χ1n) is 11.9. The summed E-state index contributed by atoms with van der Waals surface area (Å²) < 4.78 is 4.13. The monoisotopic (exact) mass is 505 g/mol. The number of hydrogen-bond donors (Lipinski definition) is 1. The van der Waals surface area contributed by atoms with Crippen LogP contribution in [0.1, 0.15) is 36.8 Å². The highest BCUT2D eigenvalue weighted by Gasteiger charge is 2.30. The zero-order chi connectivity index (χ0) is 25.6. The number of carbonyl (C=O) groups is 2. The summed E-state index contributed by atoms with van der Waals surface area (Å²) in [5, 5.41) is 3.57. The number of benzene rings is 1. The van der Waals surface area contributed by atoms with Crippen LogP contribution in [0, 0.1) is 23.7 Å². The molecule has 0 atom stereocenters.